The minimum Gasteiger partial charge on any atom is -0.429 e. The Bertz CT molecular complexity index is 930. The van der Waals surface area contributed by atoms with E-state index < -0.39 is 28.2 Å². The molecule has 0 aliphatic heterocycles. The average molecular weight is 435 g/mol. The zero-order chi connectivity index (χ0) is 22.0. The monoisotopic (exact) mass is 434 g/mol. The summed E-state index contributed by atoms with van der Waals surface area (Å²) in [5.41, 5.74) is 7.46. The normalized spacial score (nSPS) is 12.2. The molecule has 0 aromatic heterocycles. The molecule has 0 saturated heterocycles. The number of nitrogens with one attached hydrogen (secondary N) is 1. The van der Waals surface area contributed by atoms with Crippen molar-refractivity contribution < 1.29 is 27.5 Å². The molecule has 2 aromatic rings. The molecule has 0 unspecified atom stereocenters. The third-order valence-electron chi connectivity index (χ3n) is 4.25. The topological polar surface area (TPSA) is 125 Å². The summed E-state index contributed by atoms with van der Waals surface area (Å²) < 4.78 is 36.3. The first-order valence-corrected chi connectivity index (χ1v) is 11.0. The van der Waals surface area contributed by atoms with Crippen molar-refractivity contribution in [3.63, 3.8) is 0 Å². The first kappa shape index (κ1) is 23.5. The van der Waals surface area contributed by atoms with Gasteiger partial charge in [-0.05, 0) is 37.5 Å². The highest BCUT2D eigenvalue weighted by molar-refractivity contribution is 7.89. The number of hydrogen-bond donors (Lipinski definition) is 2. The molecule has 0 spiro atoms. The summed E-state index contributed by atoms with van der Waals surface area (Å²) >= 11 is 0. The number of nitrogens with two attached hydrogens (primary N) is 1. The molecule has 2 rings (SSSR count). The van der Waals surface area contributed by atoms with Crippen molar-refractivity contribution in [1.29, 1.82) is 0 Å². The van der Waals surface area contributed by atoms with Crippen LogP contribution in [0.2, 0.25) is 0 Å². The summed E-state index contributed by atoms with van der Waals surface area (Å²) in [5.74, 6) is -0.881. The molecule has 0 fully saturated rings. The minimum atomic E-state index is -3.57. The van der Waals surface area contributed by atoms with Crippen molar-refractivity contribution in [1.82, 2.24) is 4.72 Å². The van der Waals surface area contributed by atoms with Crippen LogP contribution in [0.3, 0.4) is 0 Å². The molecule has 0 saturated carbocycles. The van der Waals surface area contributed by atoms with Gasteiger partial charge in [0, 0.05) is 6.54 Å². The highest BCUT2D eigenvalue weighted by atomic mass is 32.2. The van der Waals surface area contributed by atoms with Crippen LogP contribution in [0.4, 0.5) is 4.79 Å². The number of ether oxygens (including phenoxy) is 2. The van der Waals surface area contributed by atoms with E-state index in [9.17, 15) is 18.0 Å². The third-order valence-corrected chi connectivity index (χ3v) is 5.73. The SMILES string of the molecule is Cc1ccc(S(=O)(=O)NCCCC[C@@H](N)C(=O)OC(=O)OCc2ccccc2)cc1. The van der Waals surface area contributed by atoms with Crippen LogP contribution in [-0.4, -0.2) is 33.1 Å². The van der Waals surface area contributed by atoms with Crippen molar-refractivity contribution in [2.24, 2.45) is 5.73 Å². The maximum Gasteiger partial charge on any atom is 0.516 e. The number of hydrogen-bond acceptors (Lipinski definition) is 7. The van der Waals surface area contributed by atoms with Gasteiger partial charge in [0.25, 0.3) is 0 Å². The van der Waals surface area contributed by atoms with Crippen LogP contribution >= 0.6 is 0 Å². The van der Waals surface area contributed by atoms with Gasteiger partial charge in [-0.1, -0.05) is 54.4 Å². The molecule has 162 valence electrons. The number of benzene rings is 2. The van der Waals surface area contributed by atoms with E-state index in [2.05, 4.69) is 9.46 Å². The molecule has 9 heteroatoms. The highest BCUT2D eigenvalue weighted by Crippen LogP contribution is 2.10. The second-order valence-electron chi connectivity index (χ2n) is 6.76. The molecular formula is C21H26N2O6S. The fraction of sp³-hybridized carbons (Fsp3) is 0.333. The van der Waals surface area contributed by atoms with Crippen LogP contribution in [0.1, 0.15) is 30.4 Å². The first-order chi connectivity index (χ1) is 14.3. The van der Waals surface area contributed by atoms with Crippen LogP contribution in [0.5, 0.6) is 0 Å². The predicted octanol–water partition coefficient (Wildman–Crippen LogP) is 2.65. The molecule has 8 nitrogen and oxygen atoms in total. The number of esters is 1. The lowest BCUT2D eigenvalue weighted by Crippen LogP contribution is -2.34. The van der Waals surface area contributed by atoms with Crippen molar-refractivity contribution in [3.05, 3.63) is 65.7 Å². The molecule has 1 atom stereocenters. The summed E-state index contributed by atoms with van der Waals surface area (Å²) in [4.78, 5) is 23.6. The van der Waals surface area contributed by atoms with E-state index in [0.29, 0.717) is 12.8 Å². The quantitative estimate of drug-likeness (QED) is 0.334. The maximum atomic E-state index is 12.2. The van der Waals surface area contributed by atoms with Gasteiger partial charge in [-0.3, -0.25) is 0 Å². The maximum absolute atomic E-state index is 12.2. The van der Waals surface area contributed by atoms with E-state index in [0.717, 1.165) is 11.1 Å². The van der Waals surface area contributed by atoms with Crippen LogP contribution in [0.25, 0.3) is 0 Å². The Morgan fingerprint density at radius 1 is 1.03 bits per heavy atom. The predicted molar refractivity (Wildman–Crippen MR) is 111 cm³/mol. The Hall–Kier alpha value is -2.75. The largest absolute Gasteiger partial charge is 0.516 e. The molecular weight excluding hydrogens is 408 g/mol. The number of rotatable bonds is 10. The van der Waals surface area contributed by atoms with Crippen LogP contribution in [0, 0.1) is 6.92 Å². The zero-order valence-corrected chi connectivity index (χ0v) is 17.6. The summed E-state index contributed by atoms with van der Waals surface area (Å²) in [6, 6.07) is 14.5. The Balaban J connectivity index is 1.63. The van der Waals surface area contributed by atoms with E-state index in [-0.39, 0.29) is 24.5 Å². The lowest BCUT2D eigenvalue weighted by Gasteiger charge is -2.11. The fourth-order valence-corrected chi connectivity index (χ4v) is 3.59. The Labute approximate surface area is 176 Å². The van der Waals surface area contributed by atoms with Crippen molar-refractivity contribution >= 4 is 22.1 Å². The molecule has 0 amide bonds. The number of aryl methyl sites for hydroxylation is 1. The molecule has 0 heterocycles. The van der Waals surface area contributed by atoms with Gasteiger partial charge in [0.15, 0.2) is 0 Å². The summed E-state index contributed by atoms with van der Waals surface area (Å²) in [5, 5.41) is 0. The minimum absolute atomic E-state index is 0.0106. The molecule has 30 heavy (non-hydrogen) atoms. The van der Waals surface area contributed by atoms with E-state index in [1.807, 2.05) is 13.0 Å². The van der Waals surface area contributed by atoms with Crippen LogP contribution in [-0.2, 0) is 30.9 Å². The second kappa shape index (κ2) is 11.4. The van der Waals surface area contributed by atoms with Gasteiger partial charge < -0.3 is 15.2 Å². The van der Waals surface area contributed by atoms with Gasteiger partial charge in [0.05, 0.1) is 4.90 Å². The van der Waals surface area contributed by atoms with Crippen molar-refractivity contribution in [2.45, 2.75) is 43.7 Å². The Morgan fingerprint density at radius 2 is 1.70 bits per heavy atom. The molecule has 0 bridgehead atoms. The van der Waals surface area contributed by atoms with Gasteiger partial charge in [-0.2, -0.15) is 0 Å². The Morgan fingerprint density at radius 3 is 2.37 bits per heavy atom. The molecule has 2 aromatic carbocycles. The second-order valence-corrected chi connectivity index (χ2v) is 8.53. The molecule has 0 aliphatic carbocycles. The number of carbonyl (C=O) groups excluding carboxylic acids is 2. The summed E-state index contributed by atoms with van der Waals surface area (Å²) in [7, 11) is -3.57. The van der Waals surface area contributed by atoms with E-state index in [1.54, 1.807) is 48.5 Å². The van der Waals surface area contributed by atoms with Crippen molar-refractivity contribution in [3.8, 4) is 0 Å². The average Bonchev–Trinajstić information content (AvgIpc) is 2.73. The smallest absolute Gasteiger partial charge is 0.429 e. The van der Waals surface area contributed by atoms with Gasteiger partial charge in [0.2, 0.25) is 10.0 Å². The fourth-order valence-electron chi connectivity index (χ4n) is 2.52. The lowest BCUT2D eigenvalue weighted by atomic mass is 10.1. The third kappa shape index (κ3) is 7.94. The van der Waals surface area contributed by atoms with Gasteiger partial charge in [-0.25, -0.2) is 22.7 Å². The van der Waals surface area contributed by atoms with Gasteiger partial charge in [-0.15, -0.1) is 0 Å². The molecule has 0 radical (unpaired) electrons. The summed E-state index contributed by atoms with van der Waals surface area (Å²) in [6.07, 6.45) is 0.0954. The van der Waals surface area contributed by atoms with Gasteiger partial charge in [0.1, 0.15) is 12.6 Å². The zero-order valence-electron chi connectivity index (χ0n) is 16.7. The van der Waals surface area contributed by atoms with E-state index in [1.165, 1.54) is 0 Å². The standard InChI is InChI=1S/C21H26N2O6S/c1-16-10-12-18(13-11-16)30(26,27)23-14-6-5-9-19(22)20(24)29-21(25)28-15-17-7-3-2-4-8-17/h2-4,7-8,10-13,19,23H,5-6,9,14-15,22H2,1H3/t19-/m1/s1. The number of unbranched alkanes of at least 4 members (excludes halogenated alkanes) is 1. The van der Waals surface area contributed by atoms with E-state index >= 15 is 0 Å². The lowest BCUT2D eigenvalue weighted by molar-refractivity contribution is -0.141. The van der Waals surface area contributed by atoms with Crippen LogP contribution in [0.15, 0.2) is 59.5 Å². The molecule has 0 aliphatic rings. The number of carbonyl (C=O) groups is 2. The first-order valence-electron chi connectivity index (χ1n) is 9.52. The summed E-state index contributed by atoms with van der Waals surface area (Å²) in [6.45, 7) is 2.07. The Kier molecular flexibility index (Phi) is 8.97. The highest BCUT2D eigenvalue weighted by Gasteiger charge is 2.20. The van der Waals surface area contributed by atoms with Gasteiger partial charge >= 0.3 is 12.1 Å². The van der Waals surface area contributed by atoms with Crippen molar-refractivity contribution in [2.75, 3.05) is 6.54 Å². The van der Waals surface area contributed by atoms with E-state index in [4.69, 9.17) is 10.5 Å². The van der Waals surface area contributed by atoms with Crippen LogP contribution < -0.4 is 10.5 Å². The molecule has 3 N–H and O–H groups in total. The number of sulfonamides is 1.